The summed E-state index contributed by atoms with van der Waals surface area (Å²) < 4.78 is 48.1. The molecule has 2 aliphatic heterocycles. The van der Waals surface area contributed by atoms with Gasteiger partial charge in [-0.1, -0.05) is 17.7 Å². The van der Waals surface area contributed by atoms with Crippen molar-refractivity contribution in [2.24, 2.45) is 4.99 Å². The van der Waals surface area contributed by atoms with Crippen LogP contribution in [0.25, 0.3) is 0 Å². The molecule has 0 bridgehead atoms. The Morgan fingerprint density at radius 1 is 1.08 bits per heavy atom. The van der Waals surface area contributed by atoms with Crippen LogP contribution in [-0.4, -0.2) is 52.8 Å². The highest BCUT2D eigenvalue weighted by atomic mass is 35.5. The van der Waals surface area contributed by atoms with Gasteiger partial charge in [0.25, 0.3) is 0 Å². The molecule has 1 fully saturated rings. The molecule has 36 heavy (non-hydrogen) atoms. The normalized spacial score (nSPS) is 20.8. The molecule has 0 aliphatic carbocycles. The number of β-amino-alcohol motifs (C(OH)–C–C–N with tert-alkyl or cyclic N) is 1. The van der Waals surface area contributed by atoms with Crippen molar-refractivity contribution in [1.82, 2.24) is 4.98 Å². The second-order valence-corrected chi connectivity index (χ2v) is 9.01. The quantitative estimate of drug-likeness (QED) is 0.514. The van der Waals surface area contributed by atoms with Gasteiger partial charge in [-0.3, -0.25) is 9.98 Å². The first-order valence-corrected chi connectivity index (χ1v) is 11.8. The zero-order chi connectivity index (χ0) is 25.7. The molecule has 2 aromatic carbocycles. The number of aromatic nitrogens is 1. The third-order valence-corrected chi connectivity index (χ3v) is 6.32. The number of ether oxygens (including phenoxy) is 1. The van der Waals surface area contributed by atoms with Crippen LogP contribution in [-0.2, 0) is 6.42 Å². The van der Waals surface area contributed by atoms with E-state index in [2.05, 4.69) is 9.98 Å². The Balaban J connectivity index is 0.000000445. The molecule has 2 atom stereocenters. The van der Waals surface area contributed by atoms with Crippen LogP contribution >= 0.6 is 11.6 Å². The number of aliphatic hydroxyl groups is 2. The lowest BCUT2D eigenvalue weighted by atomic mass is 9.89. The maximum absolute atomic E-state index is 14.2. The molecule has 1 saturated heterocycles. The van der Waals surface area contributed by atoms with Gasteiger partial charge in [0.1, 0.15) is 41.3 Å². The van der Waals surface area contributed by atoms with Gasteiger partial charge in [0.2, 0.25) is 0 Å². The molecule has 5 rings (SSSR count). The van der Waals surface area contributed by atoms with E-state index in [1.165, 1.54) is 17.0 Å². The molecule has 3 heterocycles. The lowest BCUT2D eigenvalue weighted by Gasteiger charge is -2.42. The van der Waals surface area contributed by atoms with Crippen molar-refractivity contribution in [3.63, 3.8) is 0 Å². The molecule has 10 heteroatoms. The third-order valence-electron chi connectivity index (χ3n) is 6.10. The fourth-order valence-electron chi connectivity index (χ4n) is 4.16. The molecule has 0 spiro atoms. The van der Waals surface area contributed by atoms with Crippen molar-refractivity contribution in [1.29, 1.82) is 0 Å². The summed E-state index contributed by atoms with van der Waals surface area (Å²) in [5.74, 6) is -1.74. The minimum Gasteiger partial charge on any atom is -0.490 e. The van der Waals surface area contributed by atoms with Gasteiger partial charge in [0.05, 0.1) is 0 Å². The van der Waals surface area contributed by atoms with E-state index < -0.39 is 29.2 Å². The van der Waals surface area contributed by atoms with Gasteiger partial charge in [0.15, 0.2) is 11.6 Å². The molecule has 2 N–H and O–H groups in total. The van der Waals surface area contributed by atoms with Crippen LogP contribution in [0.2, 0.25) is 5.02 Å². The summed E-state index contributed by atoms with van der Waals surface area (Å²) in [5, 5.41) is 21.4. The van der Waals surface area contributed by atoms with E-state index in [0.29, 0.717) is 24.2 Å². The van der Waals surface area contributed by atoms with Crippen molar-refractivity contribution in [2.75, 3.05) is 24.6 Å². The van der Waals surface area contributed by atoms with Crippen LogP contribution in [0.15, 0.2) is 59.9 Å². The van der Waals surface area contributed by atoms with Crippen molar-refractivity contribution >= 4 is 29.2 Å². The van der Waals surface area contributed by atoms with Crippen LogP contribution in [0.4, 0.5) is 24.5 Å². The topological polar surface area (TPSA) is 78.2 Å². The summed E-state index contributed by atoms with van der Waals surface area (Å²) in [6.45, 7) is -0.352. The molecule has 0 amide bonds. The van der Waals surface area contributed by atoms with Gasteiger partial charge < -0.3 is 19.8 Å². The van der Waals surface area contributed by atoms with E-state index in [-0.39, 0.29) is 42.5 Å². The van der Waals surface area contributed by atoms with E-state index in [0.717, 1.165) is 12.1 Å². The molecular formula is C26H25ClF3N3O3. The van der Waals surface area contributed by atoms with E-state index in [1.54, 1.807) is 18.6 Å². The van der Waals surface area contributed by atoms with Crippen LogP contribution < -0.4 is 9.64 Å². The number of benzene rings is 2. The number of piperidine rings is 1. The highest BCUT2D eigenvalue weighted by Gasteiger charge is 2.42. The number of hydrogen-bond donors (Lipinski definition) is 2. The van der Waals surface area contributed by atoms with Crippen molar-refractivity contribution in [2.45, 2.75) is 31.0 Å². The number of fused-ring (bicyclic) bond motifs is 1. The maximum Gasteiger partial charge on any atom is 0.151 e. The first-order chi connectivity index (χ1) is 17.3. The number of nitrogens with zero attached hydrogens (tertiary/aromatic N) is 3. The predicted molar refractivity (Wildman–Crippen MR) is 132 cm³/mol. The van der Waals surface area contributed by atoms with Crippen LogP contribution in [0, 0.1) is 17.5 Å². The van der Waals surface area contributed by atoms with Gasteiger partial charge in [-0.2, -0.15) is 0 Å². The minimum atomic E-state index is -1.63. The van der Waals surface area contributed by atoms with Crippen molar-refractivity contribution in [3.05, 3.63) is 82.9 Å². The standard InChI is InChI=1S/C21H20ClF3N2O3.C5H5N/c22-12-8-15(24)20(16(25)9-12)27-7-5-21(29,18(28)10-27)11-30-17-4-3-14(23)19-13(17)2-1-6-26-19;1-2-4-6-5-3-1/h3-4,6,8-9,18,28-29H,1-2,5,7,10-11H2;1-5H/t18-,21-;/m1./s1. The number of pyridine rings is 1. The summed E-state index contributed by atoms with van der Waals surface area (Å²) in [4.78, 5) is 9.18. The Morgan fingerprint density at radius 2 is 1.81 bits per heavy atom. The first-order valence-electron chi connectivity index (χ1n) is 11.4. The second-order valence-electron chi connectivity index (χ2n) is 8.57. The number of halogens is 4. The molecular weight excluding hydrogens is 495 g/mol. The fraction of sp³-hybridized carbons (Fsp3) is 0.308. The number of rotatable bonds is 4. The predicted octanol–water partition coefficient (Wildman–Crippen LogP) is 4.87. The molecule has 0 radical (unpaired) electrons. The summed E-state index contributed by atoms with van der Waals surface area (Å²) in [6.07, 6.45) is 5.02. The average molecular weight is 520 g/mol. The summed E-state index contributed by atoms with van der Waals surface area (Å²) in [6, 6.07) is 10.4. The number of aliphatic hydroxyl groups excluding tert-OH is 1. The largest absolute Gasteiger partial charge is 0.490 e. The monoisotopic (exact) mass is 519 g/mol. The molecule has 6 nitrogen and oxygen atoms in total. The van der Waals surface area contributed by atoms with Gasteiger partial charge in [0, 0.05) is 42.3 Å². The summed E-state index contributed by atoms with van der Waals surface area (Å²) in [7, 11) is 0. The van der Waals surface area contributed by atoms with E-state index in [1.807, 2.05) is 18.2 Å². The Morgan fingerprint density at radius 3 is 2.42 bits per heavy atom. The number of hydrogen-bond acceptors (Lipinski definition) is 6. The van der Waals surface area contributed by atoms with Gasteiger partial charge in [-0.15, -0.1) is 0 Å². The Hall–Kier alpha value is -3.14. The first kappa shape index (κ1) is 25.9. The van der Waals surface area contributed by atoms with E-state index in [4.69, 9.17) is 16.3 Å². The Bertz CT molecular complexity index is 1180. The molecule has 190 valence electrons. The van der Waals surface area contributed by atoms with Crippen LogP contribution in [0.1, 0.15) is 18.4 Å². The fourth-order valence-corrected chi connectivity index (χ4v) is 4.35. The van der Waals surface area contributed by atoms with E-state index >= 15 is 0 Å². The zero-order valence-corrected chi connectivity index (χ0v) is 20.0. The lowest BCUT2D eigenvalue weighted by molar-refractivity contribution is -0.109. The van der Waals surface area contributed by atoms with Gasteiger partial charge in [-0.05, 0) is 55.7 Å². The van der Waals surface area contributed by atoms with Gasteiger partial charge >= 0.3 is 0 Å². The van der Waals surface area contributed by atoms with E-state index in [9.17, 15) is 23.4 Å². The minimum absolute atomic E-state index is 0.0111. The highest BCUT2D eigenvalue weighted by Crippen LogP contribution is 2.36. The summed E-state index contributed by atoms with van der Waals surface area (Å²) >= 11 is 5.66. The molecule has 0 saturated carbocycles. The number of anilines is 1. The van der Waals surface area contributed by atoms with Crippen molar-refractivity contribution in [3.8, 4) is 5.75 Å². The maximum atomic E-state index is 14.2. The molecule has 2 aliphatic rings. The van der Waals surface area contributed by atoms with Gasteiger partial charge in [-0.25, -0.2) is 13.2 Å². The highest BCUT2D eigenvalue weighted by molar-refractivity contribution is 6.30. The molecule has 0 unspecified atom stereocenters. The Kier molecular flexibility index (Phi) is 8.13. The Labute approximate surface area is 211 Å². The molecule has 1 aromatic heterocycles. The average Bonchev–Trinajstić information content (AvgIpc) is 2.87. The lowest BCUT2D eigenvalue weighted by Crippen LogP contribution is -2.58. The molecule has 3 aromatic rings. The zero-order valence-electron chi connectivity index (χ0n) is 19.2. The van der Waals surface area contributed by atoms with Crippen LogP contribution in [0.3, 0.4) is 0 Å². The second kappa shape index (κ2) is 11.3. The van der Waals surface area contributed by atoms with Crippen LogP contribution in [0.5, 0.6) is 5.75 Å². The van der Waals surface area contributed by atoms with Crippen molar-refractivity contribution < 1.29 is 28.1 Å². The SMILES string of the molecule is O[C@@H]1CN(c2c(F)cc(Cl)cc2F)CC[C@@]1(O)COc1ccc(F)c2c1CCC=N2.c1ccncc1. The summed E-state index contributed by atoms with van der Waals surface area (Å²) in [5.41, 5.74) is -1.10. The number of aliphatic imine (C=N–C) groups is 1. The third kappa shape index (κ3) is 5.80. The smallest absolute Gasteiger partial charge is 0.151 e.